The summed E-state index contributed by atoms with van der Waals surface area (Å²) in [5.41, 5.74) is -0.0229. The van der Waals surface area contributed by atoms with Crippen molar-refractivity contribution in [1.82, 2.24) is 30.1 Å². The monoisotopic (exact) mass is 932 g/mol. The van der Waals surface area contributed by atoms with Crippen molar-refractivity contribution >= 4 is 44.7 Å². The molecule has 4 amide bonds. The fourth-order valence-electron chi connectivity index (χ4n) is 10.7. The summed E-state index contributed by atoms with van der Waals surface area (Å²) >= 11 is 0. The van der Waals surface area contributed by atoms with Crippen molar-refractivity contribution in [3.8, 4) is 11.6 Å². The molecule has 1 aromatic carbocycles. The molecule has 7 aliphatic rings. The van der Waals surface area contributed by atoms with Gasteiger partial charge >= 0.3 is 6.09 Å². The van der Waals surface area contributed by atoms with Crippen LogP contribution in [0.5, 0.6) is 11.6 Å². The third kappa shape index (κ3) is 10.2. The lowest BCUT2D eigenvalue weighted by Gasteiger charge is -2.34. The summed E-state index contributed by atoms with van der Waals surface area (Å²) in [5.74, 6) is -1.19. The summed E-state index contributed by atoms with van der Waals surface area (Å²) in [7, 11) is -4.01. The Kier molecular flexibility index (Phi) is 13.9. The SMILES string of the molecule is C=C[C@@H]1C[C@]1(NC(=O)[C@@H]1C[C@@H]2CN1C(=O)[C@H](C1CCCCC1)NC(=O)O[C@@H]1C[C@H]1CCCCCc1c(nc3ccccc3c1OCCCN1CCCOCC1)O2)C(=O)NS(=O)(=O)C1(C)CC1. The van der Waals surface area contributed by atoms with Crippen LogP contribution in [0.2, 0.25) is 0 Å². The molecule has 4 heterocycles. The van der Waals surface area contributed by atoms with Gasteiger partial charge in [-0.15, -0.1) is 6.58 Å². The van der Waals surface area contributed by atoms with E-state index in [1.165, 1.54) is 4.90 Å². The quantitative estimate of drug-likeness (QED) is 0.184. The molecule has 9 rings (SSSR count). The molecule has 3 N–H and O–H groups in total. The van der Waals surface area contributed by atoms with Gasteiger partial charge in [-0.2, -0.15) is 0 Å². The van der Waals surface area contributed by atoms with E-state index in [2.05, 4.69) is 26.8 Å². The van der Waals surface area contributed by atoms with Gasteiger partial charge in [-0.1, -0.05) is 50.3 Å². The second kappa shape index (κ2) is 19.6. The van der Waals surface area contributed by atoms with Crippen LogP contribution in [0.15, 0.2) is 36.9 Å². The van der Waals surface area contributed by atoms with E-state index < -0.39 is 68.2 Å². The van der Waals surface area contributed by atoms with Crippen molar-refractivity contribution in [3.63, 3.8) is 0 Å². The smallest absolute Gasteiger partial charge is 0.408 e. The molecule has 2 bridgehead atoms. The number of hydrogen-bond acceptors (Lipinski definition) is 12. The van der Waals surface area contributed by atoms with Gasteiger partial charge in [-0.3, -0.25) is 19.1 Å². The molecule has 360 valence electrons. The number of fused-ring (bicyclic) bond motifs is 5. The van der Waals surface area contributed by atoms with Crippen molar-refractivity contribution in [2.45, 2.75) is 151 Å². The highest BCUT2D eigenvalue weighted by Crippen LogP contribution is 2.47. The molecule has 6 fully saturated rings. The van der Waals surface area contributed by atoms with Gasteiger partial charge in [-0.25, -0.2) is 18.2 Å². The Bertz CT molecular complexity index is 2260. The number of benzene rings is 1. The average Bonchev–Trinajstić information content (AvgIpc) is 4.26. The molecule has 0 unspecified atom stereocenters. The van der Waals surface area contributed by atoms with Crippen LogP contribution in [0, 0.1) is 17.8 Å². The van der Waals surface area contributed by atoms with E-state index in [1.54, 1.807) is 13.0 Å². The molecule has 4 saturated carbocycles. The number of amides is 4. The molecule has 7 atom stereocenters. The maximum absolute atomic E-state index is 15.1. The Morgan fingerprint density at radius 3 is 2.53 bits per heavy atom. The zero-order valence-electron chi connectivity index (χ0n) is 38.4. The summed E-state index contributed by atoms with van der Waals surface area (Å²) in [6, 6.07) is 5.78. The first-order valence-electron chi connectivity index (χ1n) is 24.7. The third-order valence-corrected chi connectivity index (χ3v) is 17.5. The van der Waals surface area contributed by atoms with Crippen molar-refractivity contribution in [2.24, 2.45) is 17.8 Å². The van der Waals surface area contributed by atoms with Gasteiger partial charge in [0, 0.05) is 44.0 Å². The minimum Gasteiger partial charge on any atom is -0.492 e. The van der Waals surface area contributed by atoms with Gasteiger partial charge in [0.2, 0.25) is 27.7 Å². The van der Waals surface area contributed by atoms with Crippen LogP contribution >= 0.6 is 0 Å². The van der Waals surface area contributed by atoms with Crippen LogP contribution in [-0.2, 0) is 40.3 Å². The highest BCUT2D eigenvalue weighted by Gasteiger charge is 2.63. The van der Waals surface area contributed by atoms with E-state index >= 15 is 4.79 Å². The average molecular weight is 933 g/mol. The predicted octanol–water partition coefficient (Wildman–Crippen LogP) is 5.31. The van der Waals surface area contributed by atoms with Crippen molar-refractivity contribution in [1.29, 1.82) is 0 Å². The number of carbonyl (C=O) groups is 4. The minimum atomic E-state index is -4.01. The molecular weight excluding hydrogens is 865 g/mol. The maximum Gasteiger partial charge on any atom is 0.408 e. The normalized spacial score (nSPS) is 30.7. The topological polar surface area (TPSA) is 195 Å². The Balaban J connectivity index is 1.03. The third-order valence-electron chi connectivity index (χ3n) is 15.4. The Labute approximate surface area is 388 Å². The van der Waals surface area contributed by atoms with E-state index in [9.17, 15) is 22.8 Å². The number of ether oxygens (including phenoxy) is 4. The van der Waals surface area contributed by atoms with Gasteiger partial charge < -0.3 is 39.4 Å². The maximum atomic E-state index is 15.1. The number of aromatic nitrogens is 1. The molecule has 0 spiro atoms. The molecule has 2 aromatic rings. The lowest BCUT2D eigenvalue weighted by atomic mass is 9.83. The lowest BCUT2D eigenvalue weighted by Crippen LogP contribution is -2.59. The number of pyridine rings is 1. The summed E-state index contributed by atoms with van der Waals surface area (Å²) in [6.45, 7) is 10.2. The van der Waals surface area contributed by atoms with Crippen molar-refractivity contribution in [2.75, 3.05) is 46.0 Å². The standard InChI is InChI=1S/C49H68N6O10S/c1-3-34-30-49(34,46(58)53-66(60,61)48(2)20-21-48)52-43(56)39-29-35-31-55(39)45(57)41(32-14-6-4-7-15-32)51-47(59)65-40-28-33(40)16-8-5-9-18-37-42(36-17-10-11-19-38(36)50-44(37)64-35)63-26-13-23-54-22-12-25-62-27-24-54/h3,10-11,17,19,32-35,39-41H,1,4-9,12-16,18,20-31H2,2H3,(H,51,59)(H,52,56)(H,53,58)/t33-,34-,35-,39+,40-,41+,49-/m1/s1. The van der Waals surface area contributed by atoms with Crippen LogP contribution in [0.3, 0.4) is 0 Å². The van der Waals surface area contributed by atoms with Gasteiger partial charge in [-0.05, 0) is 102 Å². The number of rotatable bonds is 12. The molecule has 16 nitrogen and oxygen atoms in total. The van der Waals surface area contributed by atoms with Crippen molar-refractivity contribution in [3.05, 3.63) is 42.5 Å². The highest BCUT2D eigenvalue weighted by molar-refractivity contribution is 7.91. The van der Waals surface area contributed by atoms with Crippen LogP contribution in [-0.4, -0.2) is 128 Å². The van der Waals surface area contributed by atoms with Crippen LogP contribution in [0.25, 0.3) is 10.9 Å². The van der Waals surface area contributed by atoms with Crippen molar-refractivity contribution < 1.29 is 46.5 Å². The van der Waals surface area contributed by atoms with Gasteiger partial charge in [0.15, 0.2) is 0 Å². The Morgan fingerprint density at radius 2 is 1.76 bits per heavy atom. The number of sulfonamides is 1. The second-order valence-corrected chi connectivity index (χ2v) is 22.4. The lowest BCUT2D eigenvalue weighted by molar-refractivity contribution is -0.142. The molecule has 17 heteroatoms. The molecule has 0 radical (unpaired) electrons. The van der Waals surface area contributed by atoms with E-state index in [0.717, 1.165) is 127 Å². The predicted molar refractivity (Wildman–Crippen MR) is 246 cm³/mol. The van der Waals surface area contributed by atoms with Crippen LogP contribution < -0.4 is 24.8 Å². The number of carbonyl (C=O) groups excluding carboxylic acids is 4. The summed E-state index contributed by atoms with van der Waals surface area (Å²) in [5, 5.41) is 6.76. The van der Waals surface area contributed by atoms with E-state index in [-0.39, 0.29) is 37.3 Å². The molecule has 4 aliphatic carbocycles. The second-order valence-electron chi connectivity index (χ2n) is 20.2. The number of para-hydroxylation sites is 1. The van der Waals surface area contributed by atoms with Gasteiger partial charge in [0.25, 0.3) is 5.91 Å². The molecule has 3 aliphatic heterocycles. The van der Waals surface area contributed by atoms with E-state index in [1.807, 2.05) is 24.3 Å². The first kappa shape index (κ1) is 46.6. The van der Waals surface area contributed by atoms with Gasteiger partial charge in [0.1, 0.15) is 35.6 Å². The van der Waals surface area contributed by atoms with E-state index in [4.69, 9.17) is 23.9 Å². The zero-order valence-corrected chi connectivity index (χ0v) is 39.3. The number of alkyl carbamates (subject to hydrolysis) is 1. The van der Waals surface area contributed by atoms with E-state index in [0.29, 0.717) is 37.3 Å². The number of nitrogens with zero attached hydrogens (tertiary/aromatic N) is 3. The summed E-state index contributed by atoms with van der Waals surface area (Å²) in [6.07, 6.45) is 12.3. The van der Waals surface area contributed by atoms with Crippen LogP contribution in [0.1, 0.15) is 115 Å². The fraction of sp³-hybridized carbons (Fsp3) is 0.694. The molecule has 1 aromatic heterocycles. The zero-order chi connectivity index (χ0) is 46.1. The first-order valence-corrected chi connectivity index (χ1v) is 26.2. The fourth-order valence-corrected chi connectivity index (χ4v) is 12.0. The largest absolute Gasteiger partial charge is 0.492 e. The summed E-state index contributed by atoms with van der Waals surface area (Å²) < 4.78 is 53.0. The van der Waals surface area contributed by atoms with Crippen LogP contribution in [0.4, 0.5) is 4.79 Å². The minimum absolute atomic E-state index is 0.00205. The Morgan fingerprint density at radius 1 is 0.985 bits per heavy atom. The first-order chi connectivity index (χ1) is 31.9. The number of nitrogens with one attached hydrogen (secondary N) is 3. The molecule has 2 saturated heterocycles. The molecule has 66 heavy (non-hydrogen) atoms. The highest BCUT2D eigenvalue weighted by atomic mass is 32.2. The summed E-state index contributed by atoms with van der Waals surface area (Å²) in [4.78, 5) is 66.4. The Hall–Kier alpha value is -4.48. The number of hydrogen-bond donors (Lipinski definition) is 3. The van der Waals surface area contributed by atoms with Gasteiger partial charge in [0.05, 0.1) is 35.6 Å². The molecular formula is C49H68N6O10S.